The summed E-state index contributed by atoms with van der Waals surface area (Å²) in [6, 6.07) is 2.46. The molecule has 0 saturated carbocycles. The monoisotopic (exact) mass is 317 g/mol. The van der Waals surface area contributed by atoms with Gasteiger partial charge in [0.05, 0.1) is 0 Å². The first-order valence-electron chi connectivity index (χ1n) is 5.66. The summed E-state index contributed by atoms with van der Waals surface area (Å²) in [4.78, 5) is 11.0. The molecule has 118 valence electrons. The van der Waals surface area contributed by atoms with Gasteiger partial charge in [0.25, 0.3) is 0 Å². The molecule has 0 aliphatic rings. The second-order valence-corrected chi connectivity index (χ2v) is 4.13. The van der Waals surface area contributed by atoms with Crippen LogP contribution in [0.25, 0.3) is 0 Å². The van der Waals surface area contributed by atoms with Gasteiger partial charge in [-0.1, -0.05) is 19.1 Å². The Morgan fingerprint density at radius 1 is 1.00 bits per heavy atom. The molecule has 9 heteroatoms. The van der Waals surface area contributed by atoms with Crippen LogP contribution in [0.2, 0.25) is 0 Å². The molecule has 1 rings (SSSR count). The minimum Gasteiger partial charge on any atom is -0.326 e. The van der Waals surface area contributed by atoms with Gasteiger partial charge in [-0.05, 0) is 12.1 Å². The molecule has 0 bridgehead atoms. The summed E-state index contributed by atoms with van der Waals surface area (Å²) in [5.74, 6) is -12.1. The maximum Gasteiger partial charge on any atom is 0.460 e. The third-order valence-electron chi connectivity index (χ3n) is 2.60. The summed E-state index contributed by atoms with van der Waals surface area (Å²) >= 11 is 0. The number of hydrogen-bond donors (Lipinski definition) is 1. The molecule has 0 spiro atoms. The highest BCUT2D eigenvalue weighted by Gasteiger charge is 2.73. The van der Waals surface area contributed by atoms with E-state index in [-0.39, 0.29) is 12.1 Å². The van der Waals surface area contributed by atoms with Gasteiger partial charge in [-0.25, -0.2) is 0 Å². The average Bonchev–Trinajstić information content (AvgIpc) is 2.37. The average molecular weight is 317 g/mol. The minimum atomic E-state index is -6.38. The number of amides is 1. The molecule has 1 N–H and O–H groups in total. The van der Waals surface area contributed by atoms with Gasteiger partial charge < -0.3 is 5.32 Å². The molecule has 1 aromatic rings. The molecular formula is C12H10F7NO. The van der Waals surface area contributed by atoms with Crippen LogP contribution in [0.3, 0.4) is 0 Å². The van der Waals surface area contributed by atoms with Crippen LogP contribution in [0.4, 0.5) is 36.4 Å². The predicted octanol–water partition coefficient (Wildman–Crippen LogP) is 4.32. The number of rotatable bonds is 4. The van der Waals surface area contributed by atoms with Gasteiger partial charge in [0.2, 0.25) is 5.91 Å². The van der Waals surface area contributed by atoms with E-state index < -0.39 is 29.5 Å². The van der Waals surface area contributed by atoms with Crippen molar-refractivity contribution in [2.75, 3.05) is 5.32 Å². The number of halogens is 7. The van der Waals surface area contributed by atoms with E-state index in [4.69, 9.17) is 0 Å². The van der Waals surface area contributed by atoms with E-state index in [1.54, 1.807) is 0 Å². The molecule has 2 nitrogen and oxygen atoms in total. The second-order valence-electron chi connectivity index (χ2n) is 4.13. The number of carbonyl (C=O) groups is 1. The van der Waals surface area contributed by atoms with Gasteiger partial charge in [0, 0.05) is 17.7 Å². The maximum absolute atomic E-state index is 13.3. The Bertz CT molecular complexity index is 507. The first-order valence-corrected chi connectivity index (χ1v) is 5.66. The Labute approximate surface area is 114 Å². The lowest BCUT2D eigenvalue weighted by Gasteiger charge is -2.28. The fourth-order valence-electron chi connectivity index (χ4n) is 1.37. The number of anilines is 1. The van der Waals surface area contributed by atoms with E-state index >= 15 is 0 Å². The lowest BCUT2D eigenvalue weighted by Crippen LogP contribution is -2.50. The molecule has 0 aromatic heterocycles. The Kier molecular flexibility index (Phi) is 4.54. The van der Waals surface area contributed by atoms with E-state index in [1.165, 1.54) is 6.92 Å². The first kappa shape index (κ1) is 17.3. The normalized spacial score (nSPS) is 13.1. The number of alkyl halides is 7. The maximum atomic E-state index is 13.3. The number of benzene rings is 1. The summed E-state index contributed by atoms with van der Waals surface area (Å²) in [6.07, 6.45) is -6.30. The largest absolute Gasteiger partial charge is 0.460 e. The summed E-state index contributed by atoms with van der Waals surface area (Å²) in [5, 5.41) is 2.25. The highest BCUT2D eigenvalue weighted by molar-refractivity contribution is 5.90. The van der Waals surface area contributed by atoms with Crippen molar-refractivity contribution in [3.63, 3.8) is 0 Å². The van der Waals surface area contributed by atoms with Gasteiger partial charge in [-0.15, -0.1) is 0 Å². The number of carbonyl (C=O) groups excluding carboxylic acids is 1. The Balaban J connectivity index is 3.08. The summed E-state index contributed by atoms with van der Waals surface area (Å²) in [5.41, 5.74) is -1.49. The zero-order valence-corrected chi connectivity index (χ0v) is 10.6. The standard InChI is InChI=1S/C12H10F7NO/c1-2-9(21)20-8-5-3-7(4-6-8)10(13,14)11(15,16)12(17,18)19/h3-6H,2H2,1H3,(H,20,21). The molecule has 0 aliphatic carbocycles. The molecule has 0 saturated heterocycles. The smallest absolute Gasteiger partial charge is 0.326 e. The molecule has 21 heavy (non-hydrogen) atoms. The third-order valence-corrected chi connectivity index (χ3v) is 2.60. The highest BCUT2D eigenvalue weighted by Crippen LogP contribution is 2.51. The zero-order chi connectivity index (χ0) is 16.5. The summed E-state index contributed by atoms with van der Waals surface area (Å²) in [6.45, 7) is 1.52. The molecule has 0 aliphatic heterocycles. The van der Waals surface area contributed by atoms with Gasteiger partial charge in [-0.3, -0.25) is 4.79 Å². The van der Waals surface area contributed by atoms with Crippen molar-refractivity contribution in [3.05, 3.63) is 29.8 Å². The molecule has 0 atom stereocenters. The SMILES string of the molecule is CCC(=O)Nc1ccc(C(F)(F)C(F)(F)C(F)(F)F)cc1. The van der Waals surface area contributed by atoms with Crippen molar-refractivity contribution in [1.82, 2.24) is 0 Å². The molecule has 1 aromatic carbocycles. The van der Waals surface area contributed by atoms with Crippen molar-refractivity contribution in [1.29, 1.82) is 0 Å². The lowest BCUT2D eigenvalue weighted by atomic mass is 10.0. The number of nitrogens with one attached hydrogen (secondary N) is 1. The van der Waals surface area contributed by atoms with E-state index in [0.717, 1.165) is 12.1 Å². The van der Waals surface area contributed by atoms with Crippen LogP contribution in [0.1, 0.15) is 18.9 Å². The minimum absolute atomic E-state index is 0.0109. The van der Waals surface area contributed by atoms with Crippen molar-refractivity contribution >= 4 is 11.6 Å². The van der Waals surface area contributed by atoms with Crippen LogP contribution in [0, 0.1) is 0 Å². The Morgan fingerprint density at radius 3 is 1.86 bits per heavy atom. The molecule has 1 amide bonds. The van der Waals surface area contributed by atoms with E-state index in [0.29, 0.717) is 12.1 Å². The highest BCUT2D eigenvalue weighted by atomic mass is 19.4. The van der Waals surface area contributed by atoms with Crippen molar-refractivity contribution < 1.29 is 35.5 Å². The Hall–Kier alpha value is -1.80. The number of hydrogen-bond acceptors (Lipinski definition) is 1. The van der Waals surface area contributed by atoms with E-state index in [2.05, 4.69) is 5.32 Å². The lowest BCUT2D eigenvalue weighted by molar-refractivity contribution is -0.359. The van der Waals surface area contributed by atoms with Crippen LogP contribution < -0.4 is 5.32 Å². The van der Waals surface area contributed by atoms with Gasteiger partial charge in [0.15, 0.2) is 0 Å². The molecule has 0 heterocycles. The van der Waals surface area contributed by atoms with Crippen LogP contribution in [-0.4, -0.2) is 18.0 Å². The third kappa shape index (κ3) is 3.27. The first-order chi connectivity index (χ1) is 9.43. The fourth-order valence-corrected chi connectivity index (χ4v) is 1.37. The predicted molar refractivity (Wildman–Crippen MR) is 60.3 cm³/mol. The summed E-state index contributed by atoms with van der Waals surface area (Å²) < 4.78 is 88.4. The fraction of sp³-hybridized carbons (Fsp3) is 0.417. The van der Waals surface area contributed by atoms with Crippen LogP contribution >= 0.6 is 0 Å². The molecule has 0 radical (unpaired) electrons. The van der Waals surface area contributed by atoms with Gasteiger partial charge >= 0.3 is 18.0 Å². The second kappa shape index (κ2) is 5.53. The van der Waals surface area contributed by atoms with Gasteiger partial charge in [0.1, 0.15) is 0 Å². The molecule has 0 unspecified atom stereocenters. The van der Waals surface area contributed by atoms with Crippen molar-refractivity contribution in [3.8, 4) is 0 Å². The molecular weight excluding hydrogens is 307 g/mol. The quantitative estimate of drug-likeness (QED) is 0.823. The van der Waals surface area contributed by atoms with E-state index in [1.807, 2.05) is 0 Å². The molecule has 0 fully saturated rings. The van der Waals surface area contributed by atoms with Crippen molar-refractivity contribution in [2.24, 2.45) is 0 Å². The topological polar surface area (TPSA) is 29.1 Å². The van der Waals surface area contributed by atoms with Crippen LogP contribution in [0.5, 0.6) is 0 Å². The van der Waals surface area contributed by atoms with Crippen LogP contribution in [0.15, 0.2) is 24.3 Å². The Morgan fingerprint density at radius 2 is 1.48 bits per heavy atom. The summed E-state index contributed by atoms with van der Waals surface area (Å²) in [7, 11) is 0. The van der Waals surface area contributed by atoms with Gasteiger partial charge in [-0.2, -0.15) is 30.7 Å². The van der Waals surface area contributed by atoms with Crippen LogP contribution in [-0.2, 0) is 10.7 Å². The van der Waals surface area contributed by atoms with E-state index in [9.17, 15) is 35.5 Å². The zero-order valence-electron chi connectivity index (χ0n) is 10.6. The van der Waals surface area contributed by atoms with Crippen molar-refractivity contribution in [2.45, 2.75) is 31.4 Å².